The minimum atomic E-state index is -0.208. The van der Waals surface area contributed by atoms with Crippen molar-refractivity contribution in [1.82, 2.24) is 15.5 Å². The van der Waals surface area contributed by atoms with Crippen LogP contribution in [0.4, 0.5) is 5.82 Å². The van der Waals surface area contributed by atoms with Crippen molar-refractivity contribution in [2.45, 2.75) is 32.7 Å². The molecule has 0 aliphatic heterocycles. The predicted molar refractivity (Wildman–Crippen MR) is 71.4 cm³/mol. The molecular weight excluding hydrogens is 230 g/mol. The van der Waals surface area contributed by atoms with Crippen LogP contribution in [0.3, 0.4) is 0 Å². The van der Waals surface area contributed by atoms with Gasteiger partial charge in [0.15, 0.2) is 5.69 Å². The smallest absolute Gasteiger partial charge is 0.271 e. The highest BCUT2D eigenvalue weighted by atomic mass is 16.1. The Balaban J connectivity index is 2.62. The van der Waals surface area contributed by atoms with Crippen LogP contribution >= 0.6 is 0 Å². The Labute approximate surface area is 107 Å². The Hall–Kier alpha value is -1.69. The van der Waals surface area contributed by atoms with Crippen molar-refractivity contribution in [3.05, 3.63) is 17.8 Å². The molecule has 0 spiro atoms. The normalized spacial score (nSPS) is 11.9. The monoisotopic (exact) mass is 251 g/mol. The first-order valence-electron chi connectivity index (χ1n) is 6.29. The molecule has 0 aliphatic carbocycles. The Kier molecular flexibility index (Phi) is 6.07. The van der Waals surface area contributed by atoms with Crippen LogP contribution in [0, 0.1) is 0 Å². The van der Waals surface area contributed by atoms with Crippen LogP contribution in [0.25, 0.3) is 0 Å². The number of amides is 1. The van der Waals surface area contributed by atoms with Gasteiger partial charge in [-0.1, -0.05) is 13.3 Å². The fourth-order valence-electron chi connectivity index (χ4n) is 1.59. The van der Waals surface area contributed by atoms with E-state index in [-0.39, 0.29) is 11.9 Å². The molecule has 6 heteroatoms. The highest BCUT2D eigenvalue weighted by Gasteiger charge is 2.09. The SMILES string of the molecule is CCCC(CN)Nc1ccc(C(=O)NCC)nn1. The Morgan fingerprint density at radius 1 is 1.39 bits per heavy atom. The first kappa shape index (κ1) is 14.4. The Morgan fingerprint density at radius 3 is 2.67 bits per heavy atom. The molecule has 100 valence electrons. The number of rotatable bonds is 7. The quantitative estimate of drug-likeness (QED) is 0.665. The van der Waals surface area contributed by atoms with Crippen molar-refractivity contribution in [2.24, 2.45) is 5.73 Å². The summed E-state index contributed by atoms with van der Waals surface area (Å²) in [5, 5.41) is 13.7. The van der Waals surface area contributed by atoms with Gasteiger partial charge in [0.1, 0.15) is 5.82 Å². The molecule has 1 atom stereocenters. The number of nitrogens with two attached hydrogens (primary N) is 1. The second-order valence-electron chi connectivity index (χ2n) is 4.03. The molecule has 0 radical (unpaired) electrons. The van der Waals surface area contributed by atoms with E-state index >= 15 is 0 Å². The Morgan fingerprint density at radius 2 is 2.17 bits per heavy atom. The zero-order valence-corrected chi connectivity index (χ0v) is 10.9. The summed E-state index contributed by atoms with van der Waals surface area (Å²) in [5.74, 6) is 0.437. The van der Waals surface area contributed by atoms with E-state index in [0.29, 0.717) is 24.6 Å². The van der Waals surface area contributed by atoms with Gasteiger partial charge in [0.25, 0.3) is 5.91 Å². The number of aromatic nitrogens is 2. The summed E-state index contributed by atoms with van der Waals surface area (Å²) in [6, 6.07) is 3.59. The molecule has 1 aromatic heterocycles. The first-order chi connectivity index (χ1) is 8.71. The molecule has 0 saturated heterocycles. The van der Waals surface area contributed by atoms with E-state index in [1.807, 2.05) is 6.92 Å². The minimum absolute atomic E-state index is 0.194. The maximum atomic E-state index is 11.5. The third kappa shape index (κ3) is 4.29. The number of nitrogens with zero attached hydrogens (tertiary/aromatic N) is 2. The fraction of sp³-hybridized carbons (Fsp3) is 0.583. The molecule has 6 nitrogen and oxygen atoms in total. The van der Waals surface area contributed by atoms with Crippen LogP contribution in [-0.4, -0.2) is 35.2 Å². The summed E-state index contributed by atoms with van der Waals surface area (Å²) >= 11 is 0. The minimum Gasteiger partial charge on any atom is -0.365 e. The van der Waals surface area contributed by atoms with E-state index in [1.165, 1.54) is 0 Å². The molecule has 0 aliphatic rings. The van der Waals surface area contributed by atoms with Crippen LogP contribution in [-0.2, 0) is 0 Å². The van der Waals surface area contributed by atoms with Crippen LogP contribution < -0.4 is 16.4 Å². The summed E-state index contributed by atoms with van der Waals surface area (Å²) in [4.78, 5) is 11.5. The lowest BCUT2D eigenvalue weighted by atomic mass is 10.1. The van der Waals surface area contributed by atoms with E-state index < -0.39 is 0 Å². The summed E-state index contributed by atoms with van der Waals surface area (Å²) in [7, 11) is 0. The van der Waals surface area contributed by atoms with Crippen molar-refractivity contribution in [1.29, 1.82) is 0 Å². The molecule has 0 saturated carbocycles. The molecule has 1 amide bonds. The van der Waals surface area contributed by atoms with Gasteiger partial charge in [0.05, 0.1) is 0 Å². The van der Waals surface area contributed by atoms with Crippen molar-refractivity contribution < 1.29 is 4.79 Å². The molecule has 1 rings (SSSR count). The Bertz CT molecular complexity index is 365. The standard InChI is InChI=1S/C12H21N5O/c1-3-5-9(8-13)15-11-7-6-10(16-17-11)12(18)14-4-2/h6-7,9H,3-5,8,13H2,1-2H3,(H,14,18)(H,15,17). The molecule has 0 aromatic carbocycles. The van der Waals surface area contributed by atoms with Gasteiger partial charge in [-0.15, -0.1) is 10.2 Å². The van der Waals surface area contributed by atoms with Crippen molar-refractivity contribution in [3.63, 3.8) is 0 Å². The van der Waals surface area contributed by atoms with Crippen molar-refractivity contribution in [3.8, 4) is 0 Å². The third-order valence-corrected chi connectivity index (χ3v) is 2.51. The number of nitrogens with one attached hydrogen (secondary N) is 2. The number of carbonyl (C=O) groups excluding carboxylic acids is 1. The molecule has 1 unspecified atom stereocenters. The lowest BCUT2D eigenvalue weighted by Crippen LogP contribution is -2.29. The van der Waals surface area contributed by atoms with Crippen LogP contribution in [0.1, 0.15) is 37.2 Å². The van der Waals surface area contributed by atoms with Gasteiger partial charge in [-0.25, -0.2) is 0 Å². The maximum Gasteiger partial charge on any atom is 0.271 e. The topological polar surface area (TPSA) is 92.9 Å². The fourth-order valence-corrected chi connectivity index (χ4v) is 1.59. The van der Waals surface area contributed by atoms with Gasteiger partial charge < -0.3 is 16.4 Å². The van der Waals surface area contributed by atoms with Crippen LogP contribution in [0.5, 0.6) is 0 Å². The largest absolute Gasteiger partial charge is 0.365 e. The summed E-state index contributed by atoms with van der Waals surface area (Å²) in [6.07, 6.45) is 2.04. The second-order valence-corrected chi connectivity index (χ2v) is 4.03. The number of hydrogen-bond donors (Lipinski definition) is 3. The zero-order chi connectivity index (χ0) is 13.4. The van der Waals surface area contributed by atoms with Gasteiger partial charge in [-0.2, -0.15) is 0 Å². The summed E-state index contributed by atoms with van der Waals surface area (Å²) in [6.45, 7) is 5.09. The lowest BCUT2D eigenvalue weighted by Gasteiger charge is -2.15. The number of anilines is 1. The highest BCUT2D eigenvalue weighted by molar-refractivity contribution is 5.92. The molecule has 18 heavy (non-hydrogen) atoms. The van der Waals surface area contributed by atoms with Crippen LogP contribution in [0.15, 0.2) is 12.1 Å². The molecule has 1 aromatic rings. The third-order valence-electron chi connectivity index (χ3n) is 2.51. The molecule has 1 heterocycles. The summed E-state index contributed by atoms with van der Waals surface area (Å²) in [5.41, 5.74) is 5.97. The van der Waals surface area contributed by atoms with Gasteiger partial charge in [-0.3, -0.25) is 4.79 Å². The average Bonchev–Trinajstić information content (AvgIpc) is 2.39. The highest BCUT2D eigenvalue weighted by Crippen LogP contribution is 2.06. The molecular formula is C12H21N5O. The molecule has 4 N–H and O–H groups in total. The van der Waals surface area contributed by atoms with E-state index in [2.05, 4.69) is 27.8 Å². The number of hydrogen-bond acceptors (Lipinski definition) is 5. The zero-order valence-electron chi connectivity index (χ0n) is 10.9. The maximum absolute atomic E-state index is 11.5. The molecule has 0 fully saturated rings. The van der Waals surface area contributed by atoms with Crippen molar-refractivity contribution in [2.75, 3.05) is 18.4 Å². The predicted octanol–water partition coefficient (Wildman–Crippen LogP) is 0.766. The van der Waals surface area contributed by atoms with Crippen LogP contribution in [0.2, 0.25) is 0 Å². The van der Waals surface area contributed by atoms with E-state index in [9.17, 15) is 4.79 Å². The van der Waals surface area contributed by atoms with Gasteiger partial charge >= 0.3 is 0 Å². The second kappa shape index (κ2) is 7.60. The average molecular weight is 251 g/mol. The van der Waals surface area contributed by atoms with Crippen molar-refractivity contribution >= 4 is 11.7 Å². The van der Waals surface area contributed by atoms with Gasteiger partial charge in [0.2, 0.25) is 0 Å². The van der Waals surface area contributed by atoms with Gasteiger partial charge in [-0.05, 0) is 25.5 Å². The van der Waals surface area contributed by atoms with E-state index in [4.69, 9.17) is 5.73 Å². The lowest BCUT2D eigenvalue weighted by molar-refractivity contribution is 0.0950. The van der Waals surface area contributed by atoms with E-state index in [1.54, 1.807) is 12.1 Å². The first-order valence-corrected chi connectivity index (χ1v) is 6.29. The summed E-state index contributed by atoms with van der Waals surface area (Å²) < 4.78 is 0. The number of carbonyl (C=O) groups is 1. The molecule has 0 bridgehead atoms. The van der Waals surface area contributed by atoms with Gasteiger partial charge in [0, 0.05) is 19.1 Å². The van der Waals surface area contributed by atoms with E-state index in [0.717, 1.165) is 12.8 Å².